The van der Waals surface area contributed by atoms with Crippen LogP contribution in [0.15, 0.2) is 30.3 Å². The zero-order valence-electron chi connectivity index (χ0n) is 11.1. The molecule has 106 valence electrons. The van der Waals surface area contributed by atoms with Crippen LogP contribution in [0.25, 0.3) is 11.4 Å². The molecule has 1 aromatic heterocycles. The summed E-state index contributed by atoms with van der Waals surface area (Å²) < 4.78 is 38.2. The number of nitrogens with zero attached hydrogens (tertiary/aromatic N) is 2. The molecule has 0 saturated carbocycles. The Morgan fingerprint density at radius 1 is 1.15 bits per heavy atom. The molecule has 6 heteroatoms. The quantitative estimate of drug-likeness (QED) is 0.930. The average molecular weight is 281 g/mol. The molecule has 0 amide bonds. The van der Waals surface area contributed by atoms with Gasteiger partial charge in [0.2, 0.25) is 0 Å². The number of nitrogens with one attached hydrogen (secondary N) is 1. The molecule has 0 fully saturated rings. The summed E-state index contributed by atoms with van der Waals surface area (Å²) in [5.74, 6) is 0.879. The van der Waals surface area contributed by atoms with Crippen molar-refractivity contribution in [2.75, 3.05) is 12.4 Å². The number of hydrogen-bond donors (Lipinski definition) is 1. The summed E-state index contributed by atoms with van der Waals surface area (Å²) in [6.07, 6.45) is -3.69. The number of halogens is 3. The van der Waals surface area contributed by atoms with Crippen LogP contribution in [0, 0.1) is 0 Å². The Bertz CT molecular complexity index is 587. The molecule has 2 aromatic rings. The minimum Gasteiger partial charge on any atom is -0.373 e. The SMILES string of the molecule is CCc1cc(NC)nc(-c2cccc(C(F)(F)F)c2)n1. The largest absolute Gasteiger partial charge is 0.416 e. The number of aromatic nitrogens is 2. The maximum absolute atomic E-state index is 12.7. The number of anilines is 1. The first kappa shape index (κ1) is 14.3. The van der Waals surface area contributed by atoms with Crippen molar-refractivity contribution in [2.45, 2.75) is 19.5 Å². The fraction of sp³-hybridized carbons (Fsp3) is 0.286. The standard InChI is InChI=1S/C14H14F3N3/c1-3-11-8-12(18-2)20-13(19-11)9-5-4-6-10(7-9)14(15,16)17/h4-8H,3H2,1-2H3,(H,18,19,20). The molecule has 0 unspecified atom stereocenters. The molecule has 0 radical (unpaired) electrons. The Balaban J connectivity index is 2.51. The monoisotopic (exact) mass is 281 g/mol. The van der Waals surface area contributed by atoms with Gasteiger partial charge >= 0.3 is 6.18 Å². The molecule has 0 saturated heterocycles. The van der Waals surface area contributed by atoms with Gasteiger partial charge in [0.1, 0.15) is 5.82 Å². The van der Waals surface area contributed by atoms with Crippen molar-refractivity contribution in [1.29, 1.82) is 0 Å². The lowest BCUT2D eigenvalue weighted by molar-refractivity contribution is -0.137. The second kappa shape index (κ2) is 5.48. The molecule has 20 heavy (non-hydrogen) atoms. The summed E-state index contributed by atoms with van der Waals surface area (Å²) >= 11 is 0. The minimum atomic E-state index is -4.37. The molecule has 0 spiro atoms. The van der Waals surface area contributed by atoms with Crippen molar-refractivity contribution in [1.82, 2.24) is 9.97 Å². The topological polar surface area (TPSA) is 37.8 Å². The van der Waals surface area contributed by atoms with Gasteiger partial charge in [-0.25, -0.2) is 9.97 Å². The highest BCUT2D eigenvalue weighted by Gasteiger charge is 2.30. The van der Waals surface area contributed by atoms with Crippen LogP contribution in [0.5, 0.6) is 0 Å². The van der Waals surface area contributed by atoms with E-state index in [1.807, 2.05) is 6.92 Å². The zero-order chi connectivity index (χ0) is 14.8. The van der Waals surface area contributed by atoms with Gasteiger partial charge in [-0.1, -0.05) is 19.1 Å². The first-order valence-electron chi connectivity index (χ1n) is 6.17. The molecule has 0 bridgehead atoms. The summed E-state index contributed by atoms with van der Waals surface area (Å²) in [5.41, 5.74) is 0.426. The maximum Gasteiger partial charge on any atom is 0.416 e. The van der Waals surface area contributed by atoms with Crippen LogP contribution < -0.4 is 5.32 Å². The van der Waals surface area contributed by atoms with E-state index in [0.29, 0.717) is 23.6 Å². The molecule has 1 aromatic carbocycles. The average Bonchev–Trinajstić information content (AvgIpc) is 2.46. The van der Waals surface area contributed by atoms with E-state index in [1.165, 1.54) is 6.07 Å². The third-order valence-corrected chi connectivity index (χ3v) is 2.85. The van der Waals surface area contributed by atoms with Crippen LogP contribution in [0.2, 0.25) is 0 Å². The van der Waals surface area contributed by atoms with Crippen LogP contribution in [-0.4, -0.2) is 17.0 Å². The van der Waals surface area contributed by atoms with Crippen LogP contribution in [0.4, 0.5) is 19.0 Å². The Morgan fingerprint density at radius 3 is 2.50 bits per heavy atom. The molecule has 2 rings (SSSR count). The van der Waals surface area contributed by atoms with E-state index in [4.69, 9.17) is 0 Å². The fourth-order valence-corrected chi connectivity index (χ4v) is 1.77. The number of alkyl halides is 3. The first-order chi connectivity index (χ1) is 9.44. The predicted octanol–water partition coefficient (Wildman–Crippen LogP) is 3.77. The smallest absolute Gasteiger partial charge is 0.373 e. The lowest BCUT2D eigenvalue weighted by Gasteiger charge is -2.10. The summed E-state index contributed by atoms with van der Waals surface area (Å²) in [4.78, 5) is 8.48. The number of rotatable bonds is 3. The molecular weight excluding hydrogens is 267 g/mol. The normalized spacial score (nSPS) is 11.4. The molecule has 0 aliphatic heterocycles. The van der Waals surface area contributed by atoms with Gasteiger partial charge in [0.25, 0.3) is 0 Å². The maximum atomic E-state index is 12.7. The molecule has 1 heterocycles. The number of benzene rings is 1. The lowest BCUT2D eigenvalue weighted by atomic mass is 10.1. The summed E-state index contributed by atoms with van der Waals surface area (Å²) in [6, 6.07) is 6.81. The van der Waals surface area contributed by atoms with Gasteiger partial charge in [-0.2, -0.15) is 13.2 Å². The first-order valence-corrected chi connectivity index (χ1v) is 6.17. The van der Waals surface area contributed by atoms with Crippen molar-refractivity contribution in [3.63, 3.8) is 0 Å². The highest BCUT2D eigenvalue weighted by atomic mass is 19.4. The van der Waals surface area contributed by atoms with Gasteiger partial charge in [-0.15, -0.1) is 0 Å². The Kier molecular flexibility index (Phi) is 3.92. The second-order valence-electron chi connectivity index (χ2n) is 4.25. The van der Waals surface area contributed by atoms with Gasteiger partial charge in [0.15, 0.2) is 5.82 Å². The van der Waals surface area contributed by atoms with Gasteiger partial charge in [-0.05, 0) is 18.6 Å². The van der Waals surface area contributed by atoms with Crippen LogP contribution in [0.3, 0.4) is 0 Å². The van der Waals surface area contributed by atoms with Crippen molar-refractivity contribution < 1.29 is 13.2 Å². The van der Waals surface area contributed by atoms with Gasteiger partial charge in [-0.3, -0.25) is 0 Å². The molecule has 0 aliphatic carbocycles. The minimum absolute atomic E-state index is 0.291. The summed E-state index contributed by atoms with van der Waals surface area (Å²) in [7, 11) is 1.71. The van der Waals surface area contributed by atoms with E-state index in [-0.39, 0.29) is 0 Å². The molecule has 1 N–H and O–H groups in total. The summed E-state index contributed by atoms with van der Waals surface area (Å²) in [6.45, 7) is 1.93. The van der Waals surface area contributed by atoms with E-state index >= 15 is 0 Å². The van der Waals surface area contributed by atoms with E-state index in [9.17, 15) is 13.2 Å². The number of aryl methyl sites for hydroxylation is 1. The van der Waals surface area contributed by atoms with Crippen molar-refractivity contribution in [3.05, 3.63) is 41.6 Å². The highest BCUT2D eigenvalue weighted by molar-refractivity contribution is 5.59. The van der Waals surface area contributed by atoms with E-state index in [1.54, 1.807) is 19.2 Å². The molecule has 0 atom stereocenters. The van der Waals surface area contributed by atoms with Gasteiger partial charge < -0.3 is 5.32 Å². The van der Waals surface area contributed by atoms with Crippen molar-refractivity contribution >= 4 is 5.82 Å². The van der Waals surface area contributed by atoms with Gasteiger partial charge in [0, 0.05) is 24.4 Å². The third-order valence-electron chi connectivity index (χ3n) is 2.85. The van der Waals surface area contributed by atoms with Crippen LogP contribution >= 0.6 is 0 Å². The highest BCUT2D eigenvalue weighted by Crippen LogP contribution is 2.31. The van der Waals surface area contributed by atoms with Crippen LogP contribution in [0.1, 0.15) is 18.2 Å². The predicted molar refractivity (Wildman–Crippen MR) is 71.4 cm³/mol. The van der Waals surface area contributed by atoms with Crippen molar-refractivity contribution in [2.24, 2.45) is 0 Å². The fourth-order valence-electron chi connectivity index (χ4n) is 1.77. The van der Waals surface area contributed by atoms with Gasteiger partial charge in [0.05, 0.1) is 5.56 Å². The zero-order valence-corrected chi connectivity index (χ0v) is 11.1. The third kappa shape index (κ3) is 3.07. The van der Waals surface area contributed by atoms with Crippen molar-refractivity contribution in [3.8, 4) is 11.4 Å². The molecule has 0 aliphatic rings. The Morgan fingerprint density at radius 2 is 1.90 bits per heavy atom. The molecule has 3 nitrogen and oxygen atoms in total. The second-order valence-corrected chi connectivity index (χ2v) is 4.25. The van der Waals surface area contributed by atoms with E-state index < -0.39 is 11.7 Å². The summed E-state index contributed by atoms with van der Waals surface area (Å²) in [5, 5.41) is 2.88. The lowest BCUT2D eigenvalue weighted by Crippen LogP contribution is -2.05. The van der Waals surface area contributed by atoms with E-state index in [2.05, 4.69) is 15.3 Å². The Labute approximate surface area is 114 Å². The van der Waals surface area contributed by atoms with Crippen LogP contribution in [-0.2, 0) is 12.6 Å². The van der Waals surface area contributed by atoms with E-state index in [0.717, 1.165) is 17.8 Å². The Hall–Kier alpha value is -2.11. The molecular formula is C14H14F3N3. The number of hydrogen-bond acceptors (Lipinski definition) is 3.